The molecule has 0 aliphatic carbocycles. The van der Waals surface area contributed by atoms with Gasteiger partial charge in [-0.25, -0.2) is 0 Å². The number of rotatable bonds is 5. The van der Waals surface area contributed by atoms with Gasteiger partial charge in [-0.05, 0) is 32.9 Å². The van der Waals surface area contributed by atoms with Gasteiger partial charge in [0.15, 0.2) is 0 Å². The maximum Gasteiger partial charge on any atom is 0.231 e. The number of nitrogens with zero attached hydrogens (tertiary/aromatic N) is 3. The number of amides is 1. The van der Waals surface area contributed by atoms with Crippen LogP contribution in [0.3, 0.4) is 0 Å². The fourth-order valence-electron chi connectivity index (χ4n) is 3.77. The lowest BCUT2D eigenvalue weighted by molar-refractivity contribution is -0.149. The predicted octanol–water partition coefficient (Wildman–Crippen LogP) is 1.49. The van der Waals surface area contributed by atoms with E-state index in [-0.39, 0.29) is 36.1 Å². The smallest absolute Gasteiger partial charge is 0.231 e. The van der Waals surface area contributed by atoms with E-state index in [0.717, 1.165) is 70.1 Å². The van der Waals surface area contributed by atoms with E-state index in [4.69, 9.17) is 9.26 Å². The Morgan fingerprint density at radius 2 is 1.92 bits per heavy atom. The molecule has 3 heterocycles. The number of ether oxygens (including phenoxy) is 1. The molecular formula is C17H30Cl2N4O3. The molecule has 0 atom stereocenters. The van der Waals surface area contributed by atoms with Gasteiger partial charge < -0.3 is 19.5 Å². The number of aryl methyl sites for hydroxylation is 1. The van der Waals surface area contributed by atoms with Gasteiger partial charge in [-0.2, -0.15) is 0 Å². The van der Waals surface area contributed by atoms with Gasteiger partial charge in [0.25, 0.3) is 0 Å². The summed E-state index contributed by atoms with van der Waals surface area (Å²) in [5.41, 5.74) is 0.618. The van der Waals surface area contributed by atoms with E-state index in [2.05, 4.69) is 15.4 Å². The van der Waals surface area contributed by atoms with Crippen molar-refractivity contribution in [1.29, 1.82) is 0 Å². The molecule has 1 aromatic heterocycles. The van der Waals surface area contributed by atoms with E-state index in [1.54, 1.807) is 7.11 Å². The zero-order valence-corrected chi connectivity index (χ0v) is 17.2. The molecule has 2 aliphatic rings. The van der Waals surface area contributed by atoms with Crippen molar-refractivity contribution in [2.75, 3.05) is 53.0 Å². The average Bonchev–Trinajstić information content (AvgIpc) is 3.01. The lowest BCUT2D eigenvalue weighted by atomic mass is 9.78. The van der Waals surface area contributed by atoms with Gasteiger partial charge in [0.2, 0.25) is 5.91 Å². The predicted molar refractivity (Wildman–Crippen MR) is 104 cm³/mol. The minimum atomic E-state index is -0.342. The fourth-order valence-corrected chi connectivity index (χ4v) is 3.77. The summed E-state index contributed by atoms with van der Waals surface area (Å²) in [7, 11) is 1.69. The highest BCUT2D eigenvalue weighted by molar-refractivity contribution is 5.85. The summed E-state index contributed by atoms with van der Waals surface area (Å²) < 4.78 is 10.5. The van der Waals surface area contributed by atoms with Crippen LogP contribution in [-0.2, 0) is 16.1 Å². The Balaban J connectivity index is 0.00000169. The Hall–Kier alpha value is -0.860. The third-order valence-corrected chi connectivity index (χ3v) is 5.16. The molecule has 0 spiro atoms. The van der Waals surface area contributed by atoms with Gasteiger partial charge in [-0.3, -0.25) is 9.69 Å². The van der Waals surface area contributed by atoms with Crippen LogP contribution in [0.2, 0.25) is 0 Å². The Morgan fingerprint density at radius 1 is 1.27 bits per heavy atom. The minimum Gasteiger partial charge on any atom is -0.384 e. The van der Waals surface area contributed by atoms with Crippen molar-refractivity contribution in [1.82, 2.24) is 20.3 Å². The van der Waals surface area contributed by atoms with Crippen LogP contribution in [0.1, 0.15) is 24.3 Å². The third-order valence-electron chi connectivity index (χ3n) is 5.16. The SMILES string of the molecule is COCC1(C(=O)N2CCN(Cc3cc(C)on3)CC2)CCNCC1.Cl.Cl. The molecule has 2 aliphatic heterocycles. The molecule has 1 N–H and O–H groups in total. The quantitative estimate of drug-likeness (QED) is 0.795. The van der Waals surface area contributed by atoms with Crippen LogP contribution < -0.4 is 5.32 Å². The summed E-state index contributed by atoms with van der Waals surface area (Å²) >= 11 is 0. The molecule has 2 saturated heterocycles. The maximum atomic E-state index is 13.1. The topological polar surface area (TPSA) is 70.8 Å². The maximum absolute atomic E-state index is 13.1. The van der Waals surface area contributed by atoms with Crippen molar-refractivity contribution in [2.45, 2.75) is 26.3 Å². The van der Waals surface area contributed by atoms with Gasteiger partial charge >= 0.3 is 0 Å². The number of carbonyl (C=O) groups excluding carboxylic acids is 1. The summed E-state index contributed by atoms with van der Waals surface area (Å²) in [6.45, 7) is 8.28. The lowest BCUT2D eigenvalue weighted by Gasteiger charge is -2.42. The molecule has 0 radical (unpaired) electrons. The van der Waals surface area contributed by atoms with Gasteiger partial charge in [-0.15, -0.1) is 24.8 Å². The number of carbonyl (C=O) groups is 1. The van der Waals surface area contributed by atoms with E-state index in [1.807, 2.05) is 17.9 Å². The van der Waals surface area contributed by atoms with Crippen molar-refractivity contribution in [3.63, 3.8) is 0 Å². The molecule has 0 bridgehead atoms. The first kappa shape index (κ1) is 23.2. The van der Waals surface area contributed by atoms with Gasteiger partial charge in [-0.1, -0.05) is 5.16 Å². The molecular weight excluding hydrogens is 379 g/mol. The first-order valence-corrected chi connectivity index (χ1v) is 8.76. The average molecular weight is 409 g/mol. The Labute approximate surface area is 167 Å². The fraction of sp³-hybridized carbons (Fsp3) is 0.765. The highest BCUT2D eigenvalue weighted by Crippen LogP contribution is 2.32. The van der Waals surface area contributed by atoms with Crippen LogP contribution in [0, 0.1) is 12.3 Å². The van der Waals surface area contributed by atoms with E-state index < -0.39 is 0 Å². The standard InChI is InChI=1S/C17H28N4O3.2ClH/c1-14-11-15(19-24-14)12-20-7-9-21(10-8-20)16(22)17(13-23-2)3-5-18-6-4-17;;/h11,18H,3-10,12-13H2,1-2H3;2*1H. The third kappa shape index (κ3) is 5.33. The van der Waals surface area contributed by atoms with Gasteiger partial charge in [0.05, 0.1) is 17.7 Å². The highest BCUT2D eigenvalue weighted by atomic mass is 35.5. The molecule has 2 fully saturated rings. The van der Waals surface area contributed by atoms with Crippen molar-refractivity contribution in [2.24, 2.45) is 5.41 Å². The first-order chi connectivity index (χ1) is 11.6. The molecule has 0 aromatic carbocycles. The lowest BCUT2D eigenvalue weighted by Crippen LogP contribution is -2.56. The molecule has 9 heteroatoms. The molecule has 1 aromatic rings. The summed E-state index contributed by atoms with van der Waals surface area (Å²) in [6.07, 6.45) is 1.72. The van der Waals surface area contributed by atoms with Crippen LogP contribution in [0.15, 0.2) is 10.6 Å². The molecule has 0 unspecified atom stereocenters. The number of aromatic nitrogens is 1. The summed E-state index contributed by atoms with van der Waals surface area (Å²) in [4.78, 5) is 17.5. The van der Waals surface area contributed by atoms with Crippen LogP contribution in [0.25, 0.3) is 0 Å². The van der Waals surface area contributed by atoms with E-state index in [0.29, 0.717) is 6.61 Å². The Kier molecular flexibility index (Phi) is 9.33. The van der Waals surface area contributed by atoms with Crippen LogP contribution in [0.5, 0.6) is 0 Å². The monoisotopic (exact) mass is 408 g/mol. The second-order valence-electron chi connectivity index (χ2n) is 6.96. The largest absolute Gasteiger partial charge is 0.384 e. The molecule has 3 rings (SSSR count). The number of nitrogens with one attached hydrogen (secondary N) is 1. The van der Waals surface area contributed by atoms with E-state index in [1.165, 1.54) is 0 Å². The van der Waals surface area contributed by atoms with Crippen LogP contribution in [-0.4, -0.2) is 73.8 Å². The highest BCUT2D eigenvalue weighted by Gasteiger charge is 2.42. The zero-order valence-electron chi connectivity index (χ0n) is 15.5. The zero-order chi connectivity index (χ0) is 17.0. The minimum absolute atomic E-state index is 0. The number of methoxy groups -OCH3 is 1. The second-order valence-corrected chi connectivity index (χ2v) is 6.96. The normalized spacial score (nSPS) is 20.2. The summed E-state index contributed by atoms with van der Waals surface area (Å²) in [5.74, 6) is 1.11. The molecule has 7 nitrogen and oxygen atoms in total. The van der Waals surface area contributed by atoms with Gasteiger partial charge in [0.1, 0.15) is 5.76 Å². The van der Waals surface area contributed by atoms with Crippen LogP contribution >= 0.6 is 24.8 Å². The Bertz CT molecular complexity index is 550. The van der Waals surface area contributed by atoms with Gasteiger partial charge in [0, 0.05) is 45.9 Å². The Morgan fingerprint density at radius 3 is 2.46 bits per heavy atom. The van der Waals surface area contributed by atoms with Crippen molar-refractivity contribution >= 4 is 30.7 Å². The van der Waals surface area contributed by atoms with Crippen molar-refractivity contribution in [3.8, 4) is 0 Å². The molecule has 150 valence electrons. The van der Waals surface area contributed by atoms with E-state index in [9.17, 15) is 4.79 Å². The van der Waals surface area contributed by atoms with Crippen LogP contribution in [0.4, 0.5) is 0 Å². The van der Waals surface area contributed by atoms with Crippen molar-refractivity contribution in [3.05, 3.63) is 17.5 Å². The number of halogens is 2. The summed E-state index contributed by atoms with van der Waals surface area (Å²) in [5, 5.41) is 7.39. The summed E-state index contributed by atoms with van der Waals surface area (Å²) in [6, 6.07) is 1.97. The number of hydrogen-bond donors (Lipinski definition) is 1. The van der Waals surface area contributed by atoms with E-state index >= 15 is 0 Å². The van der Waals surface area contributed by atoms with Crippen molar-refractivity contribution < 1.29 is 14.1 Å². The number of piperazine rings is 1. The molecule has 26 heavy (non-hydrogen) atoms. The second kappa shape index (κ2) is 10.5. The number of hydrogen-bond acceptors (Lipinski definition) is 6. The molecule has 1 amide bonds. The molecule has 0 saturated carbocycles. The number of piperidine rings is 1. The first-order valence-electron chi connectivity index (χ1n) is 8.76.